The van der Waals surface area contributed by atoms with E-state index in [1.807, 2.05) is 33.8 Å². The van der Waals surface area contributed by atoms with Gasteiger partial charge in [0.1, 0.15) is 0 Å². The zero-order chi connectivity index (χ0) is 12.6. The molecule has 0 aliphatic carbocycles. The Hall–Kier alpha value is -1.38. The summed E-state index contributed by atoms with van der Waals surface area (Å²) in [5.41, 5.74) is 2.24. The summed E-state index contributed by atoms with van der Waals surface area (Å²) in [6, 6.07) is 0. The number of hydrogen-bond acceptors (Lipinski definition) is 2. The van der Waals surface area contributed by atoms with Crippen LogP contribution in [0.25, 0.3) is 0 Å². The maximum absolute atomic E-state index is 11.4. The third kappa shape index (κ3) is 6.98. The largest absolute Gasteiger partial charge is 0.352 e. The van der Waals surface area contributed by atoms with Crippen LogP contribution < -0.4 is 5.32 Å². The Morgan fingerprint density at radius 1 is 1.44 bits per heavy atom. The van der Waals surface area contributed by atoms with Crippen LogP contribution in [0.2, 0.25) is 0 Å². The van der Waals surface area contributed by atoms with Gasteiger partial charge < -0.3 is 5.32 Å². The maximum Gasteiger partial charge on any atom is 0.220 e. The maximum atomic E-state index is 11.4. The molecule has 0 radical (unpaired) electrons. The van der Waals surface area contributed by atoms with Crippen LogP contribution in [0.15, 0.2) is 28.4 Å². The predicted octanol–water partition coefficient (Wildman–Crippen LogP) is 2.70. The van der Waals surface area contributed by atoms with Crippen LogP contribution >= 0.6 is 0 Å². The van der Waals surface area contributed by atoms with Gasteiger partial charge in [0.25, 0.3) is 0 Å². The van der Waals surface area contributed by atoms with Crippen molar-refractivity contribution in [1.82, 2.24) is 5.32 Å². The number of aliphatic imine (C=N–C) groups is 1. The van der Waals surface area contributed by atoms with Gasteiger partial charge in [0.15, 0.2) is 0 Å². The van der Waals surface area contributed by atoms with Gasteiger partial charge in [-0.3, -0.25) is 9.79 Å². The van der Waals surface area contributed by atoms with E-state index < -0.39 is 0 Å². The molecule has 0 fully saturated rings. The summed E-state index contributed by atoms with van der Waals surface area (Å²) in [6.45, 7) is 12.0. The third-order valence-electron chi connectivity index (χ3n) is 2.25. The fourth-order valence-electron chi connectivity index (χ4n) is 1.12. The normalized spacial score (nSPS) is 12.8. The molecule has 0 atom stereocenters. The van der Waals surface area contributed by atoms with E-state index in [1.54, 1.807) is 6.20 Å². The molecular weight excluding hydrogens is 200 g/mol. The van der Waals surface area contributed by atoms with Crippen molar-refractivity contribution in [2.24, 2.45) is 10.9 Å². The Bertz CT molecular complexity index is 301. The van der Waals surface area contributed by atoms with Crippen LogP contribution in [0.1, 0.15) is 34.1 Å². The van der Waals surface area contributed by atoms with Gasteiger partial charge in [-0.2, -0.15) is 0 Å². The van der Waals surface area contributed by atoms with Crippen molar-refractivity contribution in [3.63, 3.8) is 0 Å². The topological polar surface area (TPSA) is 41.5 Å². The number of allylic oxidation sites excluding steroid dienone is 2. The van der Waals surface area contributed by atoms with Crippen LogP contribution in [-0.4, -0.2) is 19.2 Å². The average Bonchev–Trinajstić information content (AvgIpc) is 2.21. The third-order valence-corrected chi connectivity index (χ3v) is 2.25. The van der Waals surface area contributed by atoms with E-state index in [0.29, 0.717) is 18.9 Å². The molecule has 1 N–H and O–H groups in total. The van der Waals surface area contributed by atoms with Gasteiger partial charge in [0.2, 0.25) is 5.91 Å². The van der Waals surface area contributed by atoms with Gasteiger partial charge in [0, 0.05) is 19.2 Å². The van der Waals surface area contributed by atoms with E-state index in [4.69, 9.17) is 0 Å². The lowest BCUT2D eigenvalue weighted by atomic mass is 10.1. The second kappa shape index (κ2) is 7.85. The van der Waals surface area contributed by atoms with E-state index in [1.165, 1.54) is 0 Å². The van der Waals surface area contributed by atoms with Crippen molar-refractivity contribution < 1.29 is 4.79 Å². The van der Waals surface area contributed by atoms with Crippen molar-refractivity contribution in [2.45, 2.75) is 34.1 Å². The van der Waals surface area contributed by atoms with Gasteiger partial charge in [-0.05, 0) is 38.1 Å². The van der Waals surface area contributed by atoms with Gasteiger partial charge in [0.05, 0.1) is 0 Å². The second-order valence-corrected chi connectivity index (χ2v) is 4.34. The molecule has 0 bridgehead atoms. The number of nitrogens with zero attached hydrogens (tertiary/aromatic N) is 1. The summed E-state index contributed by atoms with van der Waals surface area (Å²) in [5, 5.41) is 2.89. The molecule has 3 heteroatoms. The molecule has 0 heterocycles. The van der Waals surface area contributed by atoms with Crippen LogP contribution in [-0.2, 0) is 4.79 Å². The number of nitrogens with one attached hydrogen (secondary N) is 1. The van der Waals surface area contributed by atoms with Crippen LogP contribution in [0.3, 0.4) is 0 Å². The zero-order valence-corrected chi connectivity index (χ0v) is 10.7. The molecule has 90 valence electrons. The van der Waals surface area contributed by atoms with Crippen LogP contribution in [0, 0.1) is 5.92 Å². The number of carbonyl (C=O) groups is 1. The summed E-state index contributed by atoms with van der Waals surface area (Å²) in [6.07, 6.45) is 4.11. The Morgan fingerprint density at radius 3 is 2.56 bits per heavy atom. The lowest BCUT2D eigenvalue weighted by Gasteiger charge is -2.08. The molecule has 0 aliphatic rings. The van der Waals surface area contributed by atoms with E-state index in [0.717, 1.165) is 11.1 Å². The molecule has 0 aliphatic heterocycles. The van der Waals surface area contributed by atoms with Crippen molar-refractivity contribution in [2.75, 3.05) is 6.54 Å². The van der Waals surface area contributed by atoms with Crippen molar-refractivity contribution in [3.8, 4) is 0 Å². The highest BCUT2D eigenvalue weighted by atomic mass is 16.1. The molecule has 0 saturated heterocycles. The first-order valence-electron chi connectivity index (χ1n) is 5.52. The Balaban J connectivity index is 4.14. The highest BCUT2D eigenvalue weighted by Gasteiger charge is 2.04. The molecule has 0 aromatic rings. The molecule has 3 nitrogen and oxygen atoms in total. The predicted molar refractivity (Wildman–Crippen MR) is 69.5 cm³/mol. The van der Waals surface area contributed by atoms with Crippen molar-refractivity contribution in [1.29, 1.82) is 0 Å². The zero-order valence-electron chi connectivity index (χ0n) is 10.7. The molecule has 0 rings (SSSR count). The SMILES string of the molecule is C=N/C=C\C(C)=C(/C)CNC(=O)CC(C)C. The Morgan fingerprint density at radius 2 is 2.06 bits per heavy atom. The summed E-state index contributed by atoms with van der Waals surface area (Å²) >= 11 is 0. The van der Waals surface area contributed by atoms with Crippen molar-refractivity contribution >= 4 is 12.6 Å². The van der Waals surface area contributed by atoms with E-state index in [9.17, 15) is 4.79 Å². The highest BCUT2D eigenvalue weighted by Crippen LogP contribution is 2.04. The first-order valence-corrected chi connectivity index (χ1v) is 5.52. The van der Waals surface area contributed by atoms with Gasteiger partial charge >= 0.3 is 0 Å². The molecule has 1 amide bonds. The number of carbonyl (C=O) groups excluding carboxylic acids is 1. The minimum Gasteiger partial charge on any atom is -0.352 e. The lowest BCUT2D eigenvalue weighted by molar-refractivity contribution is -0.121. The summed E-state index contributed by atoms with van der Waals surface area (Å²) in [5.74, 6) is 0.503. The summed E-state index contributed by atoms with van der Waals surface area (Å²) in [7, 11) is 0. The number of hydrogen-bond donors (Lipinski definition) is 1. The fraction of sp³-hybridized carbons (Fsp3) is 0.538. The van der Waals surface area contributed by atoms with E-state index >= 15 is 0 Å². The quantitative estimate of drug-likeness (QED) is 0.545. The van der Waals surface area contributed by atoms with Crippen LogP contribution in [0.5, 0.6) is 0 Å². The van der Waals surface area contributed by atoms with Crippen molar-refractivity contribution in [3.05, 3.63) is 23.4 Å². The Kier molecular flexibility index (Phi) is 7.18. The standard InChI is InChI=1S/C13H22N2O/c1-10(2)8-13(16)15-9-12(4)11(3)6-7-14-5/h6-7,10H,5,8-9H2,1-4H3,(H,15,16)/b7-6-,12-11+. The minimum atomic E-state index is 0.105. The Labute approximate surface area is 98.3 Å². The minimum absolute atomic E-state index is 0.105. The average molecular weight is 222 g/mol. The fourth-order valence-corrected chi connectivity index (χ4v) is 1.12. The van der Waals surface area contributed by atoms with E-state index in [2.05, 4.69) is 17.0 Å². The van der Waals surface area contributed by atoms with Crippen LogP contribution in [0.4, 0.5) is 0 Å². The smallest absolute Gasteiger partial charge is 0.220 e. The molecule has 16 heavy (non-hydrogen) atoms. The van der Waals surface area contributed by atoms with Gasteiger partial charge in [-0.1, -0.05) is 19.4 Å². The second-order valence-electron chi connectivity index (χ2n) is 4.34. The monoisotopic (exact) mass is 222 g/mol. The van der Waals surface area contributed by atoms with Gasteiger partial charge in [-0.15, -0.1) is 0 Å². The molecule has 0 spiro atoms. The molecule has 0 unspecified atom stereocenters. The van der Waals surface area contributed by atoms with E-state index in [-0.39, 0.29) is 5.91 Å². The first-order chi connectivity index (χ1) is 7.47. The lowest BCUT2D eigenvalue weighted by Crippen LogP contribution is -2.26. The summed E-state index contributed by atoms with van der Waals surface area (Å²) < 4.78 is 0. The number of amides is 1. The number of rotatable bonds is 6. The molecule has 0 aromatic carbocycles. The van der Waals surface area contributed by atoms with Gasteiger partial charge in [-0.25, -0.2) is 0 Å². The highest BCUT2D eigenvalue weighted by molar-refractivity contribution is 5.76. The molecule has 0 saturated carbocycles. The first kappa shape index (κ1) is 14.6. The summed E-state index contributed by atoms with van der Waals surface area (Å²) in [4.78, 5) is 15.1. The molecule has 0 aromatic heterocycles. The molecular formula is C13H22N2O.